The number of hydrogen-bond donors (Lipinski definition) is 1. The molecule has 0 aliphatic rings. The second-order valence-electron chi connectivity index (χ2n) is 6.76. The summed E-state index contributed by atoms with van der Waals surface area (Å²) in [4.78, 5) is 17.0. The first kappa shape index (κ1) is 23.6. The zero-order chi connectivity index (χ0) is 23.3. The normalized spacial score (nSPS) is 11.3. The zero-order valence-corrected chi connectivity index (χ0v) is 19.4. The number of rotatable bonds is 8. The van der Waals surface area contributed by atoms with Crippen LogP contribution in [0.4, 0.5) is 5.13 Å². The van der Waals surface area contributed by atoms with Crippen LogP contribution in [0, 0.1) is 29.6 Å². The van der Waals surface area contributed by atoms with E-state index < -0.39 is 15.9 Å². The monoisotopic (exact) mass is 487 g/mol. The molecule has 2 aromatic carbocycles. The second-order valence-corrected chi connectivity index (χ2v) is 10.1. The summed E-state index contributed by atoms with van der Waals surface area (Å²) in [7, 11) is -3.90. The number of benzene rings is 2. The van der Waals surface area contributed by atoms with E-state index in [9.17, 15) is 13.2 Å². The van der Waals surface area contributed by atoms with Gasteiger partial charge in [-0.15, -0.1) is 0 Å². The quantitative estimate of drug-likeness (QED) is 0.503. The van der Waals surface area contributed by atoms with Gasteiger partial charge in [0.15, 0.2) is 5.13 Å². The molecule has 3 aromatic rings. The second kappa shape index (κ2) is 10.1. The Kier molecular flexibility index (Phi) is 7.44. The van der Waals surface area contributed by atoms with Crippen LogP contribution in [0.2, 0.25) is 5.02 Å². The fourth-order valence-electron chi connectivity index (χ4n) is 2.95. The number of thiazole rings is 1. The van der Waals surface area contributed by atoms with Crippen LogP contribution in [0.5, 0.6) is 0 Å². The van der Waals surface area contributed by atoms with Crippen LogP contribution in [0.3, 0.4) is 0 Å². The lowest BCUT2D eigenvalue weighted by Crippen LogP contribution is -2.32. The van der Waals surface area contributed by atoms with Gasteiger partial charge in [-0.05, 0) is 42.8 Å². The highest BCUT2D eigenvalue weighted by atomic mass is 35.5. The molecule has 1 amide bonds. The smallest absolute Gasteiger partial charge is 0.257 e. The molecule has 0 aliphatic carbocycles. The highest BCUT2D eigenvalue weighted by Gasteiger charge is 2.24. The van der Waals surface area contributed by atoms with Gasteiger partial charge in [-0.2, -0.15) is 14.8 Å². The lowest BCUT2D eigenvalue weighted by Gasteiger charge is -2.20. The molecule has 0 unspecified atom stereocenters. The van der Waals surface area contributed by atoms with Crippen LogP contribution in [0.1, 0.15) is 28.8 Å². The molecule has 0 saturated heterocycles. The third-order valence-electron chi connectivity index (χ3n) is 4.62. The Labute approximate surface area is 194 Å². The number of anilines is 1. The number of nitrogens with one attached hydrogen (secondary N) is 1. The molecule has 1 N–H and O–H groups in total. The van der Waals surface area contributed by atoms with Gasteiger partial charge < -0.3 is 0 Å². The van der Waals surface area contributed by atoms with E-state index in [4.69, 9.17) is 22.1 Å². The summed E-state index contributed by atoms with van der Waals surface area (Å²) < 4.78 is 27.6. The number of amides is 1. The van der Waals surface area contributed by atoms with Crippen molar-refractivity contribution in [1.82, 2.24) is 9.29 Å². The zero-order valence-electron chi connectivity index (χ0n) is 17.0. The predicted octanol–water partition coefficient (Wildman–Crippen LogP) is 4.33. The van der Waals surface area contributed by atoms with E-state index >= 15 is 0 Å². The Balaban J connectivity index is 1.79. The minimum atomic E-state index is -3.90. The highest BCUT2D eigenvalue weighted by molar-refractivity contribution is 7.89. The summed E-state index contributed by atoms with van der Waals surface area (Å²) in [5, 5.41) is 21.2. The topological polar surface area (TPSA) is 127 Å². The van der Waals surface area contributed by atoms with Crippen molar-refractivity contribution in [1.29, 1.82) is 10.5 Å². The van der Waals surface area contributed by atoms with Crippen molar-refractivity contribution in [2.75, 3.05) is 18.4 Å². The van der Waals surface area contributed by atoms with Crippen LogP contribution in [-0.4, -0.2) is 36.7 Å². The minimum absolute atomic E-state index is 0.0107. The minimum Gasteiger partial charge on any atom is -0.298 e. The number of nitriles is 2. The van der Waals surface area contributed by atoms with E-state index in [0.717, 1.165) is 14.6 Å². The number of carbonyl (C=O) groups excluding carboxylic acids is 1. The van der Waals surface area contributed by atoms with Gasteiger partial charge in [0.1, 0.15) is 0 Å². The predicted molar refractivity (Wildman–Crippen MR) is 123 cm³/mol. The maximum atomic E-state index is 12.9. The highest BCUT2D eigenvalue weighted by Crippen LogP contribution is 2.34. The number of hydrogen-bond acceptors (Lipinski definition) is 7. The first-order valence-corrected chi connectivity index (χ1v) is 12.1. The fourth-order valence-corrected chi connectivity index (χ4v) is 5.61. The van der Waals surface area contributed by atoms with E-state index in [-0.39, 0.29) is 36.4 Å². The summed E-state index contributed by atoms with van der Waals surface area (Å²) >= 11 is 7.46. The first-order chi connectivity index (χ1) is 15.3. The molecule has 1 heterocycles. The molecular weight excluding hydrogens is 470 g/mol. The summed E-state index contributed by atoms with van der Waals surface area (Å²) in [5.41, 5.74) is 1.91. The van der Waals surface area contributed by atoms with Crippen LogP contribution < -0.4 is 5.32 Å². The van der Waals surface area contributed by atoms with Crippen molar-refractivity contribution >= 4 is 54.2 Å². The maximum Gasteiger partial charge on any atom is 0.257 e. The van der Waals surface area contributed by atoms with Crippen molar-refractivity contribution < 1.29 is 13.2 Å². The number of sulfonamides is 1. The number of aromatic nitrogens is 1. The molecule has 11 heteroatoms. The molecular formula is C21H18ClN5O3S2. The Morgan fingerprint density at radius 3 is 2.31 bits per heavy atom. The van der Waals surface area contributed by atoms with Crippen molar-refractivity contribution in [3.63, 3.8) is 0 Å². The number of fused-ring (bicyclic) bond motifs is 1. The first-order valence-electron chi connectivity index (χ1n) is 9.49. The van der Waals surface area contributed by atoms with Crippen LogP contribution in [0.15, 0.2) is 41.3 Å². The lowest BCUT2D eigenvalue weighted by atomic mass is 10.2. The summed E-state index contributed by atoms with van der Waals surface area (Å²) in [6, 6.07) is 12.9. The van der Waals surface area contributed by atoms with Gasteiger partial charge in [0.25, 0.3) is 5.91 Å². The Morgan fingerprint density at radius 1 is 1.12 bits per heavy atom. The van der Waals surface area contributed by atoms with Gasteiger partial charge in [-0.1, -0.05) is 29.0 Å². The van der Waals surface area contributed by atoms with Crippen molar-refractivity contribution in [3.8, 4) is 12.1 Å². The van der Waals surface area contributed by atoms with Crippen molar-refractivity contribution in [2.24, 2.45) is 0 Å². The molecule has 0 aliphatic heterocycles. The molecule has 1 aromatic heterocycles. The van der Waals surface area contributed by atoms with Gasteiger partial charge >= 0.3 is 0 Å². The Bertz CT molecular complexity index is 1280. The fraction of sp³-hybridized carbons (Fsp3) is 0.238. The van der Waals surface area contributed by atoms with E-state index in [1.165, 1.54) is 35.6 Å². The molecule has 3 rings (SSSR count). The summed E-state index contributed by atoms with van der Waals surface area (Å²) in [6.45, 7) is 1.88. The molecule has 164 valence electrons. The largest absolute Gasteiger partial charge is 0.298 e. The number of halogens is 1. The van der Waals surface area contributed by atoms with E-state index in [1.807, 2.05) is 25.1 Å². The molecule has 0 fully saturated rings. The molecule has 0 atom stereocenters. The summed E-state index contributed by atoms with van der Waals surface area (Å²) in [6.07, 6.45) is 0.0214. The molecule has 8 nitrogen and oxygen atoms in total. The van der Waals surface area contributed by atoms with Gasteiger partial charge in [-0.25, -0.2) is 13.4 Å². The number of carbonyl (C=O) groups is 1. The number of aryl methyl sites for hydroxylation is 1. The standard InChI is InChI=1S/C21H18ClN5O3S2/c1-14-4-9-17(22)19-18(14)25-21(31-19)26-20(28)15-5-7-16(8-6-15)32(29,30)27(12-2-10-23)13-3-11-24/h4-9H,2-3,12-13H2,1H3,(H,25,26,28). The summed E-state index contributed by atoms with van der Waals surface area (Å²) in [5.74, 6) is -0.437. The third kappa shape index (κ3) is 5.06. The van der Waals surface area contributed by atoms with Crippen molar-refractivity contribution in [3.05, 3.63) is 52.5 Å². The van der Waals surface area contributed by atoms with E-state index in [1.54, 1.807) is 6.07 Å². The SMILES string of the molecule is Cc1ccc(Cl)c2sc(NC(=O)c3ccc(S(=O)(=O)N(CCC#N)CCC#N)cc3)nc12. The van der Waals surface area contributed by atoms with Gasteiger partial charge in [0, 0.05) is 31.5 Å². The van der Waals surface area contributed by atoms with Gasteiger partial charge in [-0.3, -0.25) is 10.1 Å². The van der Waals surface area contributed by atoms with Crippen LogP contribution >= 0.6 is 22.9 Å². The molecule has 0 bridgehead atoms. The van der Waals surface area contributed by atoms with Gasteiger partial charge in [0.05, 0.1) is 32.3 Å². The Morgan fingerprint density at radius 2 is 1.75 bits per heavy atom. The average Bonchev–Trinajstić information content (AvgIpc) is 3.21. The Hall–Kier alpha value is -3.02. The van der Waals surface area contributed by atoms with Crippen LogP contribution in [-0.2, 0) is 10.0 Å². The molecule has 0 saturated carbocycles. The lowest BCUT2D eigenvalue weighted by molar-refractivity contribution is 0.102. The number of nitrogens with zero attached hydrogens (tertiary/aromatic N) is 4. The molecule has 32 heavy (non-hydrogen) atoms. The molecule has 0 radical (unpaired) electrons. The third-order valence-corrected chi connectivity index (χ3v) is 7.96. The van der Waals surface area contributed by atoms with E-state index in [0.29, 0.717) is 15.7 Å². The van der Waals surface area contributed by atoms with Crippen LogP contribution in [0.25, 0.3) is 10.2 Å². The van der Waals surface area contributed by atoms with E-state index in [2.05, 4.69) is 10.3 Å². The van der Waals surface area contributed by atoms with Crippen molar-refractivity contribution in [2.45, 2.75) is 24.7 Å². The average molecular weight is 488 g/mol. The van der Waals surface area contributed by atoms with Gasteiger partial charge in [0.2, 0.25) is 10.0 Å². The molecule has 0 spiro atoms. The maximum absolute atomic E-state index is 12.9.